The predicted molar refractivity (Wildman–Crippen MR) is 72.9 cm³/mol. The van der Waals surface area contributed by atoms with Gasteiger partial charge in [0.15, 0.2) is 9.84 Å². The van der Waals surface area contributed by atoms with Crippen molar-refractivity contribution in [3.8, 4) is 5.75 Å². The van der Waals surface area contributed by atoms with E-state index in [0.29, 0.717) is 5.69 Å². The van der Waals surface area contributed by atoms with Gasteiger partial charge in [-0.05, 0) is 36.6 Å². The van der Waals surface area contributed by atoms with Crippen LogP contribution >= 0.6 is 0 Å². The van der Waals surface area contributed by atoms with Crippen molar-refractivity contribution in [2.24, 2.45) is 0 Å². The van der Waals surface area contributed by atoms with Gasteiger partial charge in [0.2, 0.25) is 5.91 Å². The van der Waals surface area contributed by atoms with Crippen LogP contribution in [0.4, 0.5) is 5.69 Å². The number of rotatable bonds is 3. The van der Waals surface area contributed by atoms with Crippen molar-refractivity contribution in [1.82, 2.24) is 0 Å². The van der Waals surface area contributed by atoms with E-state index in [0.717, 1.165) is 48.5 Å². The molecule has 1 N–H and O–H groups in total. The maximum Gasteiger partial charge on any atom is 0.249 e. The maximum absolute atomic E-state index is 11.5. The van der Waals surface area contributed by atoms with Crippen molar-refractivity contribution >= 4 is 21.4 Å². The molecule has 0 radical (unpaired) electrons. The van der Waals surface area contributed by atoms with Gasteiger partial charge < -0.3 is 10.1 Å². The average Bonchev–Trinajstić information content (AvgIpc) is 2.35. The topological polar surface area (TPSA) is 72.5 Å². The predicted octanol–water partition coefficient (Wildman–Crippen LogP) is 1.51. The Morgan fingerprint density at radius 3 is 2.95 bits per heavy atom. The largest absolute Gasteiger partial charge is 0.493 e. The molecule has 102 valence electrons. The molecule has 19 heavy (non-hydrogen) atoms. The minimum Gasteiger partial charge on any atom is -0.493 e. The molecule has 0 unspecified atom stereocenters. The van der Waals surface area contributed by atoms with Crippen LogP contribution in [0, 0.1) is 0 Å². The van der Waals surface area contributed by atoms with E-state index in [1.54, 1.807) is 6.07 Å². The van der Waals surface area contributed by atoms with E-state index in [1.165, 1.54) is 0 Å². The summed E-state index contributed by atoms with van der Waals surface area (Å²) in [6, 6.07) is 5.39. The molecule has 1 aromatic rings. The van der Waals surface area contributed by atoms with E-state index in [9.17, 15) is 13.2 Å². The van der Waals surface area contributed by atoms with Gasteiger partial charge in [-0.25, -0.2) is 8.42 Å². The lowest BCUT2D eigenvalue weighted by atomic mass is 10.1. The standard InChI is InChI=1S/C13H15NO4S/c1-19(16,17)8-6-13(15)14-11-4-5-12-10(9-11)3-2-7-18-12/h4-6,8-9H,2-3,7H2,1H3,(H,14,15)/b8-6+. The average molecular weight is 281 g/mol. The number of hydrogen-bond acceptors (Lipinski definition) is 4. The van der Waals surface area contributed by atoms with Crippen molar-refractivity contribution in [2.75, 3.05) is 18.2 Å². The van der Waals surface area contributed by atoms with Crippen LogP contribution in [0.5, 0.6) is 5.75 Å². The van der Waals surface area contributed by atoms with Gasteiger partial charge in [0.05, 0.1) is 6.61 Å². The molecule has 1 amide bonds. The number of fused-ring (bicyclic) bond motifs is 1. The zero-order valence-corrected chi connectivity index (χ0v) is 11.4. The van der Waals surface area contributed by atoms with Gasteiger partial charge in [0.25, 0.3) is 0 Å². The Hall–Kier alpha value is -1.82. The molecule has 0 spiro atoms. The molecule has 0 aliphatic carbocycles. The lowest BCUT2D eigenvalue weighted by molar-refractivity contribution is -0.111. The third-order valence-corrected chi connectivity index (χ3v) is 3.27. The van der Waals surface area contributed by atoms with Gasteiger partial charge in [-0.15, -0.1) is 0 Å². The highest BCUT2D eigenvalue weighted by molar-refractivity contribution is 7.93. The van der Waals surface area contributed by atoms with Crippen LogP contribution in [-0.4, -0.2) is 27.2 Å². The Bertz CT molecular complexity index is 620. The summed E-state index contributed by atoms with van der Waals surface area (Å²) in [7, 11) is -3.29. The number of anilines is 1. The number of carbonyl (C=O) groups is 1. The fraction of sp³-hybridized carbons (Fsp3) is 0.308. The molecular weight excluding hydrogens is 266 g/mol. The lowest BCUT2D eigenvalue weighted by Crippen LogP contribution is -2.11. The molecule has 2 rings (SSSR count). The first-order valence-electron chi connectivity index (χ1n) is 5.89. The molecular formula is C13H15NO4S. The highest BCUT2D eigenvalue weighted by Crippen LogP contribution is 2.27. The number of carbonyl (C=O) groups excluding carboxylic acids is 1. The Labute approximate surface area is 112 Å². The van der Waals surface area contributed by atoms with E-state index in [1.807, 2.05) is 12.1 Å². The van der Waals surface area contributed by atoms with Gasteiger partial charge in [0.1, 0.15) is 5.75 Å². The molecule has 6 heteroatoms. The molecule has 0 atom stereocenters. The van der Waals surface area contributed by atoms with E-state index < -0.39 is 15.7 Å². The monoisotopic (exact) mass is 281 g/mol. The van der Waals surface area contributed by atoms with E-state index in [4.69, 9.17) is 4.74 Å². The number of nitrogens with one attached hydrogen (secondary N) is 1. The third-order valence-electron chi connectivity index (χ3n) is 2.64. The summed E-state index contributed by atoms with van der Waals surface area (Å²) < 4.78 is 27.3. The molecule has 0 aromatic heterocycles. The number of amides is 1. The Morgan fingerprint density at radius 2 is 2.21 bits per heavy atom. The van der Waals surface area contributed by atoms with Gasteiger partial charge in [0, 0.05) is 23.4 Å². The summed E-state index contributed by atoms with van der Waals surface area (Å²) in [4.78, 5) is 11.5. The van der Waals surface area contributed by atoms with Crippen LogP contribution < -0.4 is 10.1 Å². The van der Waals surface area contributed by atoms with Crippen LogP contribution in [0.3, 0.4) is 0 Å². The highest BCUT2D eigenvalue weighted by Gasteiger charge is 2.11. The molecule has 0 saturated heterocycles. The van der Waals surface area contributed by atoms with Gasteiger partial charge >= 0.3 is 0 Å². The zero-order valence-electron chi connectivity index (χ0n) is 10.5. The van der Waals surface area contributed by atoms with Crippen molar-refractivity contribution < 1.29 is 17.9 Å². The first-order chi connectivity index (χ1) is 8.94. The van der Waals surface area contributed by atoms with Crippen LogP contribution in [0.25, 0.3) is 0 Å². The summed E-state index contributed by atoms with van der Waals surface area (Å²) in [6.45, 7) is 0.718. The summed E-state index contributed by atoms with van der Waals surface area (Å²) in [5.41, 5.74) is 1.68. The van der Waals surface area contributed by atoms with Crippen molar-refractivity contribution in [2.45, 2.75) is 12.8 Å². The molecule has 0 bridgehead atoms. The first-order valence-corrected chi connectivity index (χ1v) is 7.84. The normalized spacial score (nSPS) is 14.8. The quantitative estimate of drug-likeness (QED) is 0.852. The number of aryl methyl sites for hydroxylation is 1. The van der Waals surface area contributed by atoms with E-state index in [-0.39, 0.29) is 0 Å². The minimum atomic E-state index is -3.29. The van der Waals surface area contributed by atoms with E-state index >= 15 is 0 Å². The molecule has 5 nitrogen and oxygen atoms in total. The second-order valence-corrected chi connectivity index (χ2v) is 6.33. The van der Waals surface area contributed by atoms with Crippen molar-refractivity contribution in [3.63, 3.8) is 0 Å². The molecule has 1 aliphatic rings. The lowest BCUT2D eigenvalue weighted by Gasteiger charge is -2.17. The summed E-state index contributed by atoms with van der Waals surface area (Å²) in [5.74, 6) is 0.373. The summed E-state index contributed by atoms with van der Waals surface area (Å²) in [6.07, 6.45) is 3.91. The number of ether oxygens (including phenoxy) is 1. The summed E-state index contributed by atoms with van der Waals surface area (Å²) in [5, 5.41) is 3.50. The molecule has 1 heterocycles. The molecule has 1 aliphatic heterocycles. The fourth-order valence-corrected chi connectivity index (χ4v) is 2.18. The number of hydrogen-bond donors (Lipinski definition) is 1. The van der Waals surface area contributed by atoms with Gasteiger partial charge in [-0.1, -0.05) is 0 Å². The molecule has 0 saturated carbocycles. The highest BCUT2D eigenvalue weighted by atomic mass is 32.2. The van der Waals surface area contributed by atoms with Crippen LogP contribution in [0.2, 0.25) is 0 Å². The maximum atomic E-state index is 11.5. The van der Waals surface area contributed by atoms with E-state index in [2.05, 4.69) is 5.32 Å². The second-order valence-electron chi connectivity index (χ2n) is 4.40. The Kier molecular flexibility index (Phi) is 3.90. The van der Waals surface area contributed by atoms with Crippen LogP contribution in [0.1, 0.15) is 12.0 Å². The van der Waals surface area contributed by atoms with Gasteiger partial charge in [-0.2, -0.15) is 0 Å². The van der Waals surface area contributed by atoms with Crippen molar-refractivity contribution in [1.29, 1.82) is 0 Å². The fourth-order valence-electron chi connectivity index (χ4n) is 1.81. The Balaban J connectivity index is 2.07. The number of benzene rings is 1. The van der Waals surface area contributed by atoms with Crippen LogP contribution in [-0.2, 0) is 21.1 Å². The molecule has 0 fully saturated rings. The SMILES string of the molecule is CS(=O)(=O)/C=C/C(=O)Nc1ccc2c(c1)CCCO2. The van der Waals surface area contributed by atoms with Crippen LogP contribution in [0.15, 0.2) is 29.7 Å². The Morgan fingerprint density at radius 1 is 1.42 bits per heavy atom. The third kappa shape index (κ3) is 4.10. The molecule has 1 aromatic carbocycles. The first kappa shape index (κ1) is 13.6. The summed E-state index contributed by atoms with van der Waals surface area (Å²) >= 11 is 0. The zero-order chi connectivity index (χ0) is 13.9. The van der Waals surface area contributed by atoms with Crippen molar-refractivity contribution in [3.05, 3.63) is 35.2 Å². The second kappa shape index (κ2) is 5.44. The van der Waals surface area contributed by atoms with Gasteiger partial charge in [-0.3, -0.25) is 4.79 Å². The minimum absolute atomic E-state index is 0.470. The number of sulfone groups is 1. The smallest absolute Gasteiger partial charge is 0.249 e.